The molecule has 2 heterocycles. The number of pyridine rings is 1. The Balaban J connectivity index is 1.34. The quantitative estimate of drug-likeness (QED) is 0.0335. The first-order chi connectivity index (χ1) is 26.2. The van der Waals surface area contributed by atoms with Crippen molar-refractivity contribution in [2.24, 2.45) is 10.2 Å². The zero-order chi connectivity index (χ0) is 38.5. The molecule has 1 aliphatic heterocycles. The molecule has 0 saturated heterocycles. The minimum absolute atomic E-state index is 0.140. The third-order valence-electron chi connectivity index (χ3n) is 9.16. The van der Waals surface area contributed by atoms with Crippen molar-refractivity contribution >= 4 is 30.0 Å². The van der Waals surface area contributed by atoms with Gasteiger partial charge in [-0.3, -0.25) is 9.59 Å². The van der Waals surface area contributed by atoms with Gasteiger partial charge < -0.3 is 30.5 Å². The number of aliphatic hydroxyl groups is 1. The largest absolute Gasteiger partial charge is 0.481 e. The summed E-state index contributed by atoms with van der Waals surface area (Å²) < 4.78 is 5.48. The summed E-state index contributed by atoms with van der Waals surface area (Å²) in [4.78, 5) is 30.0. The summed E-state index contributed by atoms with van der Waals surface area (Å²) in [5.74, 6) is -0.249. The van der Waals surface area contributed by atoms with E-state index in [0.29, 0.717) is 36.6 Å². The second kappa shape index (κ2) is 19.1. The lowest BCUT2D eigenvalue weighted by molar-refractivity contribution is -0.137. The maximum atomic E-state index is 12.6. The molecule has 3 aromatic carbocycles. The number of aliphatic carboxylic acids is 1. The molecule has 0 unspecified atom stereocenters. The Bertz CT molecular complexity index is 2120. The van der Waals surface area contributed by atoms with Crippen LogP contribution in [0.1, 0.15) is 57.4 Å². The molecule has 0 spiro atoms. The van der Waals surface area contributed by atoms with Gasteiger partial charge in [0.2, 0.25) is 5.88 Å². The molecule has 54 heavy (non-hydrogen) atoms. The van der Waals surface area contributed by atoms with Gasteiger partial charge in [-0.05, 0) is 90.9 Å². The predicted octanol–water partition coefficient (Wildman–Crippen LogP) is 6.54. The second-order valence-corrected chi connectivity index (χ2v) is 12.7. The maximum Gasteiger partial charge on any atom is 0.303 e. The third-order valence-corrected chi connectivity index (χ3v) is 9.16. The van der Waals surface area contributed by atoms with Crippen LogP contribution in [0.25, 0.3) is 28.0 Å². The molecule has 11 heteroatoms. The lowest BCUT2D eigenvalue weighted by atomic mass is 9.89. The highest BCUT2D eigenvalue weighted by Gasteiger charge is 2.19. The van der Waals surface area contributed by atoms with Crippen LogP contribution in [-0.2, 0) is 11.3 Å². The van der Waals surface area contributed by atoms with Gasteiger partial charge in [0.15, 0.2) is 5.84 Å². The number of benzene rings is 3. The van der Waals surface area contributed by atoms with Crippen molar-refractivity contribution < 1.29 is 24.5 Å². The van der Waals surface area contributed by atoms with E-state index in [9.17, 15) is 9.59 Å². The van der Waals surface area contributed by atoms with Crippen molar-refractivity contribution in [3.8, 4) is 28.3 Å². The van der Waals surface area contributed by atoms with Crippen molar-refractivity contribution in [1.82, 2.24) is 20.5 Å². The van der Waals surface area contributed by atoms with Crippen molar-refractivity contribution in [3.05, 3.63) is 130 Å². The summed E-state index contributed by atoms with van der Waals surface area (Å²) in [5.41, 5.74) is 13.6. The molecule has 1 aliphatic rings. The number of ether oxygens (including phenoxy) is 1. The summed E-state index contributed by atoms with van der Waals surface area (Å²) >= 11 is 0. The Morgan fingerprint density at radius 2 is 1.65 bits per heavy atom. The first-order valence-electron chi connectivity index (χ1n) is 17.9. The summed E-state index contributed by atoms with van der Waals surface area (Å²) in [6, 6.07) is 24.0. The van der Waals surface area contributed by atoms with E-state index in [1.165, 1.54) is 7.11 Å². The van der Waals surface area contributed by atoms with Crippen molar-refractivity contribution in [2.75, 3.05) is 33.4 Å². The van der Waals surface area contributed by atoms with Gasteiger partial charge in [-0.25, -0.2) is 4.98 Å². The molecular formula is C43H46N6O5. The van der Waals surface area contributed by atoms with E-state index in [4.69, 9.17) is 14.9 Å². The van der Waals surface area contributed by atoms with Crippen LogP contribution in [-0.4, -0.2) is 77.9 Å². The molecule has 0 saturated carbocycles. The summed E-state index contributed by atoms with van der Waals surface area (Å²) in [6.07, 6.45) is 7.68. The van der Waals surface area contributed by atoms with E-state index in [1.54, 1.807) is 6.07 Å². The van der Waals surface area contributed by atoms with Crippen LogP contribution in [0.5, 0.6) is 5.88 Å². The smallest absolute Gasteiger partial charge is 0.303 e. The van der Waals surface area contributed by atoms with Gasteiger partial charge in [-0.2, -0.15) is 5.10 Å². The van der Waals surface area contributed by atoms with Gasteiger partial charge in [0.05, 0.1) is 19.4 Å². The minimum atomic E-state index is -0.762. The summed E-state index contributed by atoms with van der Waals surface area (Å²) in [7, 11) is 1.48. The third kappa shape index (κ3) is 9.64. The van der Waals surface area contributed by atoms with Crippen molar-refractivity contribution in [3.63, 3.8) is 0 Å². The molecule has 1 amide bonds. The molecule has 0 aliphatic carbocycles. The van der Waals surface area contributed by atoms with Gasteiger partial charge in [0, 0.05) is 55.7 Å². The molecule has 4 aromatic rings. The number of nitrogens with zero attached hydrogens (tertiary/aromatic N) is 4. The molecular weight excluding hydrogens is 681 g/mol. The monoisotopic (exact) mass is 726 g/mol. The fraction of sp³-hybridized carbons (Fsp3) is 0.256. The Morgan fingerprint density at radius 1 is 0.944 bits per heavy atom. The SMILES string of the molecule is C=N/N=C(/c1ccc(CNCCCCC(=O)O)cc1)N1C=CC(c2cccc(-c3cccc(-c4ccc(C(=O)NCCO)c(OC)n4)c3C)c2C)=C=CC1. The average molecular weight is 727 g/mol. The van der Waals surface area contributed by atoms with Gasteiger partial charge >= 0.3 is 5.97 Å². The molecule has 0 atom stereocenters. The molecule has 0 bridgehead atoms. The topological polar surface area (TPSA) is 149 Å². The van der Waals surface area contributed by atoms with Crippen LogP contribution >= 0.6 is 0 Å². The second-order valence-electron chi connectivity index (χ2n) is 12.7. The van der Waals surface area contributed by atoms with Crippen LogP contribution < -0.4 is 15.4 Å². The van der Waals surface area contributed by atoms with E-state index >= 15 is 0 Å². The number of aliphatic hydroxyl groups excluding tert-OH is 1. The fourth-order valence-electron chi connectivity index (χ4n) is 6.34. The van der Waals surface area contributed by atoms with E-state index in [2.05, 4.69) is 76.4 Å². The van der Waals surface area contributed by atoms with E-state index < -0.39 is 5.97 Å². The standard InChI is InChI=1S/C43H46N6O5/c1-29-34(11-7-12-35(29)36-13-8-14-37(30(36)2)39-21-20-38(43(47-39)54-4)42(53)46-24-27-50)32-10-9-25-49(26-22-32)41(48-44-3)33-18-16-31(17-19-33)28-45-23-6-5-15-40(51)52/h7-9,11-14,16-22,26,45,50H,3,5-6,15,23-25,27-28H2,1-2,4H3,(H,46,53)(H,51,52)/b48-41-. The Morgan fingerprint density at radius 3 is 2.33 bits per heavy atom. The zero-order valence-corrected chi connectivity index (χ0v) is 30.9. The number of methoxy groups -OCH3 is 1. The summed E-state index contributed by atoms with van der Waals surface area (Å²) in [6.45, 7) is 9.76. The number of hydrogen-bond donors (Lipinski definition) is 4. The van der Waals surface area contributed by atoms with Crippen LogP contribution in [0, 0.1) is 13.8 Å². The molecule has 1 aromatic heterocycles. The number of amides is 1. The Labute approximate surface area is 316 Å². The number of rotatable bonds is 16. The highest BCUT2D eigenvalue weighted by molar-refractivity contribution is 6.00. The lowest BCUT2D eigenvalue weighted by Gasteiger charge is -2.20. The molecule has 5 rings (SSSR count). The molecule has 4 N–H and O–H groups in total. The highest BCUT2D eigenvalue weighted by atomic mass is 16.5. The van der Waals surface area contributed by atoms with Gasteiger partial charge in [0.1, 0.15) is 5.56 Å². The van der Waals surface area contributed by atoms with E-state index in [0.717, 1.165) is 63.0 Å². The van der Waals surface area contributed by atoms with Crippen LogP contribution in [0.4, 0.5) is 0 Å². The van der Waals surface area contributed by atoms with Crippen LogP contribution in [0.2, 0.25) is 0 Å². The van der Waals surface area contributed by atoms with Crippen molar-refractivity contribution in [1.29, 1.82) is 0 Å². The van der Waals surface area contributed by atoms with Gasteiger partial charge in [-0.1, -0.05) is 60.7 Å². The number of hydrogen-bond acceptors (Lipinski definition) is 8. The van der Waals surface area contributed by atoms with Crippen LogP contribution in [0.3, 0.4) is 0 Å². The number of allylic oxidation sites excluding steroid dienone is 1. The number of aromatic nitrogens is 1. The lowest BCUT2D eigenvalue weighted by Crippen LogP contribution is -2.27. The minimum Gasteiger partial charge on any atom is -0.481 e. The van der Waals surface area contributed by atoms with Gasteiger partial charge in [0.25, 0.3) is 5.91 Å². The Hall–Kier alpha value is -6.13. The first-order valence-corrected chi connectivity index (χ1v) is 17.9. The molecule has 0 fully saturated rings. The number of carboxylic acid groups (broad SMARTS) is 1. The first kappa shape index (κ1) is 39.1. The number of amidine groups is 1. The summed E-state index contributed by atoms with van der Waals surface area (Å²) in [5, 5.41) is 32.2. The molecule has 11 nitrogen and oxygen atoms in total. The molecule has 0 radical (unpaired) electrons. The zero-order valence-electron chi connectivity index (χ0n) is 30.9. The number of unbranched alkanes of at least 4 members (excludes halogenated alkanes) is 1. The number of carbonyl (C=O) groups excluding carboxylic acids is 1. The Kier molecular flexibility index (Phi) is 13.8. The number of carbonyl (C=O) groups is 2. The van der Waals surface area contributed by atoms with Gasteiger partial charge in [-0.15, -0.1) is 10.8 Å². The fourth-order valence-corrected chi connectivity index (χ4v) is 6.34. The predicted molar refractivity (Wildman–Crippen MR) is 214 cm³/mol. The highest BCUT2D eigenvalue weighted by Crippen LogP contribution is 2.36. The van der Waals surface area contributed by atoms with E-state index in [-0.39, 0.29) is 31.4 Å². The van der Waals surface area contributed by atoms with Crippen LogP contribution in [0.15, 0.2) is 107 Å². The van der Waals surface area contributed by atoms with Crippen molar-refractivity contribution in [2.45, 2.75) is 39.7 Å². The molecule has 278 valence electrons. The average Bonchev–Trinajstić information content (AvgIpc) is 3.44. The normalized spacial score (nSPS) is 12.6. The van der Waals surface area contributed by atoms with E-state index in [1.807, 2.05) is 65.7 Å². The number of nitrogens with one attached hydrogen (secondary N) is 2. The maximum absolute atomic E-state index is 12.6. The number of carboxylic acids is 1.